The fourth-order valence-electron chi connectivity index (χ4n) is 7.46. The predicted octanol–water partition coefficient (Wildman–Crippen LogP) is 4.68. The molecule has 10 nitrogen and oxygen atoms in total. The van der Waals surface area contributed by atoms with Gasteiger partial charge in [0.2, 0.25) is 0 Å². The van der Waals surface area contributed by atoms with Crippen LogP contribution in [0.25, 0.3) is 0 Å². The van der Waals surface area contributed by atoms with E-state index in [9.17, 15) is 9.59 Å². The predicted molar refractivity (Wildman–Crippen MR) is 191 cm³/mol. The third-order valence-electron chi connectivity index (χ3n) is 10.1. The molecule has 0 aromatic heterocycles. The monoisotopic (exact) mass is 699 g/mol. The van der Waals surface area contributed by atoms with Crippen LogP contribution >= 0.6 is 24.8 Å². The summed E-state index contributed by atoms with van der Waals surface area (Å²) in [6, 6.07) is 11.4. The third-order valence-corrected chi connectivity index (χ3v) is 10.1. The van der Waals surface area contributed by atoms with Gasteiger partial charge < -0.3 is 19.1 Å². The van der Waals surface area contributed by atoms with Crippen LogP contribution < -0.4 is 14.5 Å². The van der Waals surface area contributed by atoms with Gasteiger partial charge in [0.1, 0.15) is 5.60 Å². The van der Waals surface area contributed by atoms with E-state index in [-0.39, 0.29) is 54.1 Å². The molecular formula is C36H47Cl2N5O5. The molecule has 48 heavy (non-hydrogen) atoms. The number of halogens is 2. The van der Waals surface area contributed by atoms with E-state index in [1.165, 1.54) is 0 Å². The first-order chi connectivity index (χ1) is 22.3. The number of fused-ring (bicyclic) bond motifs is 2. The summed E-state index contributed by atoms with van der Waals surface area (Å²) in [5.41, 5.74) is 3.93. The highest BCUT2D eigenvalue weighted by atomic mass is 35.5. The molecular weight excluding hydrogens is 653 g/mol. The van der Waals surface area contributed by atoms with Gasteiger partial charge in [0, 0.05) is 81.4 Å². The smallest absolute Gasteiger partial charge is 0.253 e. The minimum absolute atomic E-state index is 0. The summed E-state index contributed by atoms with van der Waals surface area (Å²) >= 11 is 0. The van der Waals surface area contributed by atoms with E-state index >= 15 is 0 Å². The molecule has 5 aliphatic rings. The number of morpholine rings is 1. The van der Waals surface area contributed by atoms with Gasteiger partial charge in [-0.15, -0.1) is 24.8 Å². The van der Waals surface area contributed by atoms with Gasteiger partial charge in [-0.25, -0.2) is 5.01 Å². The number of anilines is 1. The van der Waals surface area contributed by atoms with Gasteiger partial charge in [-0.05, 0) is 63.1 Å². The zero-order valence-electron chi connectivity index (χ0n) is 28.1. The Morgan fingerprint density at radius 1 is 0.896 bits per heavy atom. The number of hydrogen-bond donors (Lipinski definition) is 0. The zero-order chi connectivity index (χ0) is 31.8. The molecule has 7 rings (SSSR count). The van der Waals surface area contributed by atoms with Crippen molar-refractivity contribution in [2.75, 3.05) is 77.7 Å². The number of amides is 2. The van der Waals surface area contributed by atoms with Gasteiger partial charge >= 0.3 is 0 Å². The molecule has 2 atom stereocenters. The molecule has 1 aliphatic carbocycles. The number of nitrogens with zero attached hydrogens (tertiary/aromatic N) is 5. The second-order valence-electron chi connectivity index (χ2n) is 13.6. The number of ether oxygens (including phenoxy) is 3. The van der Waals surface area contributed by atoms with Crippen molar-refractivity contribution in [3.05, 3.63) is 65.2 Å². The lowest BCUT2D eigenvalue weighted by Crippen LogP contribution is -2.51. The van der Waals surface area contributed by atoms with Crippen LogP contribution in [0, 0.1) is 11.8 Å². The molecule has 0 radical (unpaired) electrons. The van der Waals surface area contributed by atoms with Crippen LogP contribution in [0.5, 0.6) is 11.5 Å². The lowest BCUT2D eigenvalue weighted by Gasteiger charge is -2.37. The minimum atomic E-state index is -0.361. The van der Waals surface area contributed by atoms with Gasteiger partial charge in [-0.3, -0.25) is 19.4 Å². The molecule has 0 spiro atoms. The Bertz CT molecular complexity index is 1530. The van der Waals surface area contributed by atoms with Crippen molar-refractivity contribution < 1.29 is 23.8 Å². The molecule has 4 heterocycles. The molecule has 2 fully saturated rings. The number of allylic oxidation sites excluding steroid dienone is 2. The van der Waals surface area contributed by atoms with Crippen LogP contribution in [0.15, 0.2) is 53.7 Å². The van der Waals surface area contributed by atoms with Crippen molar-refractivity contribution in [1.29, 1.82) is 0 Å². The van der Waals surface area contributed by atoms with E-state index in [2.05, 4.69) is 41.9 Å². The Morgan fingerprint density at radius 2 is 1.54 bits per heavy atom. The van der Waals surface area contributed by atoms with E-state index < -0.39 is 0 Å². The Kier molecular flexibility index (Phi) is 11.4. The average molecular weight is 701 g/mol. The maximum Gasteiger partial charge on any atom is 0.253 e. The van der Waals surface area contributed by atoms with Crippen LogP contribution in [0.4, 0.5) is 5.69 Å². The normalized spacial score (nSPS) is 23.6. The number of hydrogen-bond acceptors (Lipinski definition) is 8. The number of methoxy groups -OCH3 is 1. The van der Waals surface area contributed by atoms with Crippen LogP contribution in [0.2, 0.25) is 0 Å². The van der Waals surface area contributed by atoms with Gasteiger partial charge in [0.05, 0.1) is 37.6 Å². The Labute approximate surface area is 295 Å². The first-order valence-corrected chi connectivity index (χ1v) is 16.7. The van der Waals surface area contributed by atoms with Gasteiger partial charge in [-0.2, -0.15) is 5.10 Å². The Balaban J connectivity index is 0.00000225. The van der Waals surface area contributed by atoms with Crippen LogP contribution in [0.1, 0.15) is 48.2 Å². The fourth-order valence-corrected chi connectivity index (χ4v) is 7.46. The van der Waals surface area contributed by atoms with Crippen LogP contribution in [-0.4, -0.2) is 111 Å². The zero-order valence-corrected chi connectivity index (χ0v) is 29.7. The summed E-state index contributed by atoms with van der Waals surface area (Å²) in [5, 5.41) is 6.60. The van der Waals surface area contributed by atoms with Gasteiger partial charge in [-0.1, -0.05) is 12.2 Å². The van der Waals surface area contributed by atoms with Gasteiger partial charge in [0.15, 0.2) is 11.5 Å². The third kappa shape index (κ3) is 7.23. The average Bonchev–Trinajstić information content (AvgIpc) is 3.43. The SMILES string of the molecule is COc1ccc(C2=NN(c3ccc(C(=O)N4CCN(CCN5CCOCC5)CC4)cc3)C(=O)[C@@H]3CC=CC[C@H]23)c2c1OC(C)(C)C2.Cl.Cl. The molecule has 2 aromatic rings. The lowest BCUT2D eigenvalue weighted by molar-refractivity contribution is -0.123. The molecule has 260 valence electrons. The summed E-state index contributed by atoms with van der Waals surface area (Å²) in [5.74, 6) is 1.28. The van der Waals surface area contributed by atoms with E-state index in [0.29, 0.717) is 36.5 Å². The summed E-state index contributed by atoms with van der Waals surface area (Å²) in [7, 11) is 1.66. The molecule has 2 aromatic carbocycles. The maximum atomic E-state index is 13.9. The molecule has 0 bridgehead atoms. The molecule has 2 saturated heterocycles. The largest absolute Gasteiger partial charge is 0.493 e. The Hall–Kier alpha value is -3.15. The second-order valence-corrected chi connectivity index (χ2v) is 13.6. The van der Waals surface area contributed by atoms with Crippen LogP contribution in [0.3, 0.4) is 0 Å². The van der Waals surface area contributed by atoms with Crippen molar-refractivity contribution in [2.24, 2.45) is 16.9 Å². The van der Waals surface area contributed by atoms with Crippen molar-refractivity contribution in [2.45, 2.75) is 38.7 Å². The van der Waals surface area contributed by atoms with E-state index in [4.69, 9.17) is 19.3 Å². The van der Waals surface area contributed by atoms with Crippen molar-refractivity contribution in [3.63, 3.8) is 0 Å². The topological polar surface area (TPSA) is 87.2 Å². The molecule has 0 N–H and O–H groups in total. The number of carbonyl (C=O) groups excluding carboxylic acids is 2. The maximum absolute atomic E-state index is 13.9. The summed E-state index contributed by atoms with van der Waals surface area (Å²) in [6.07, 6.45) is 6.44. The highest BCUT2D eigenvalue weighted by molar-refractivity contribution is 6.12. The van der Waals surface area contributed by atoms with Crippen LogP contribution in [-0.2, 0) is 16.0 Å². The van der Waals surface area contributed by atoms with E-state index in [1.54, 1.807) is 12.1 Å². The highest BCUT2D eigenvalue weighted by Gasteiger charge is 2.43. The number of carbonyl (C=O) groups is 2. The van der Waals surface area contributed by atoms with Crippen molar-refractivity contribution >= 4 is 48.0 Å². The second kappa shape index (κ2) is 15.2. The van der Waals surface area contributed by atoms with E-state index in [0.717, 1.165) is 87.9 Å². The first-order valence-electron chi connectivity index (χ1n) is 16.7. The van der Waals surface area contributed by atoms with E-state index in [1.807, 2.05) is 35.2 Å². The molecule has 0 saturated carbocycles. The number of benzene rings is 2. The molecule has 4 aliphatic heterocycles. The fraction of sp³-hybridized carbons (Fsp3) is 0.528. The van der Waals surface area contributed by atoms with Gasteiger partial charge in [0.25, 0.3) is 11.8 Å². The number of hydrazone groups is 1. The van der Waals surface area contributed by atoms with Crippen molar-refractivity contribution in [3.8, 4) is 11.5 Å². The minimum Gasteiger partial charge on any atom is -0.493 e. The first kappa shape index (κ1) is 36.1. The summed E-state index contributed by atoms with van der Waals surface area (Å²) in [4.78, 5) is 34.2. The number of rotatable bonds is 7. The number of piperazine rings is 1. The molecule has 12 heteroatoms. The standard InChI is InChI=1S/C36H45N5O5.2ClH/c1-36(2)24-30-28(12-13-31(44-3)33(30)46-36)32-27-6-4-5-7-29(27)35(43)41(37-32)26-10-8-25(9-11-26)34(42)40-18-16-38(17-19-40)14-15-39-20-22-45-23-21-39;;/h4-5,8-13,27,29H,6-7,14-24H2,1-3H3;2*1H/t27-,29+;;/m0../s1. The molecule has 0 unspecified atom stereocenters. The highest BCUT2D eigenvalue weighted by Crippen LogP contribution is 2.46. The lowest BCUT2D eigenvalue weighted by atomic mass is 9.75. The summed E-state index contributed by atoms with van der Waals surface area (Å²) < 4.78 is 17.4. The molecule has 2 amide bonds. The summed E-state index contributed by atoms with van der Waals surface area (Å²) in [6.45, 7) is 13.0. The Morgan fingerprint density at radius 3 is 2.21 bits per heavy atom. The quantitative estimate of drug-likeness (QED) is 0.388. The van der Waals surface area contributed by atoms with Crippen molar-refractivity contribution in [1.82, 2.24) is 14.7 Å².